The van der Waals surface area contributed by atoms with Crippen LogP contribution in [0, 0.1) is 23.4 Å². The van der Waals surface area contributed by atoms with Crippen LogP contribution in [0.1, 0.15) is 18.4 Å². The lowest BCUT2D eigenvalue weighted by Gasteiger charge is -2.23. The summed E-state index contributed by atoms with van der Waals surface area (Å²) in [4.78, 5) is 28.8. The summed E-state index contributed by atoms with van der Waals surface area (Å²) >= 11 is 0. The molecule has 0 atom stereocenters. The third kappa shape index (κ3) is 7.33. The summed E-state index contributed by atoms with van der Waals surface area (Å²) in [5.74, 6) is -3.32. The number of nitrogens with zero attached hydrogens (tertiary/aromatic N) is 1. The van der Waals surface area contributed by atoms with Gasteiger partial charge in [-0.2, -0.15) is 0 Å². The van der Waals surface area contributed by atoms with Gasteiger partial charge < -0.3 is 30.2 Å². The molecule has 224 valence electrons. The molecule has 2 amide bonds. The normalized spacial score (nSPS) is 13.4. The van der Waals surface area contributed by atoms with Gasteiger partial charge in [0.1, 0.15) is 5.75 Å². The maximum atomic E-state index is 15.0. The number of halogens is 3. The molecule has 3 aromatic carbocycles. The highest BCUT2D eigenvalue weighted by molar-refractivity contribution is 6.39. The average molecular weight is 595 g/mol. The van der Waals surface area contributed by atoms with E-state index < -0.39 is 29.3 Å². The molecule has 0 unspecified atom stereocenters. The van der Waals surface area contributed by atoms with Crippen LogP contribution in [0.4, 0.5) is 18.9 Å². The molecule has 1 aliphatic heterocycles. The number of carbonyl (C=O) groups is 2. The van der Waals surface area contributed by atoms with Crippen LogP contribution in [0.25, 0.3) is 10.9 Å². The number of ether oxygens (including phenoxy) is 3. The number of aromatic nitrogens is 1. The molecule has 0 saturated carbocycles. The van der Waals surface area contributed by atoms with Crippen molar-refractivity contribution in [3.8, 4) is 23.0 Å². The number of carbonyl (C=O) groups excluding carboxylic acids is 2. The minimum Gasteiger partial charge on any atom is -0.493 e. The molecule has 12 heteroatoms. The number of benzene rings is 3. The van der Waals surface area contributed by atoms with Crippen LogP contribution >= 0.6 is 0 Å². The molecular formula is C31H29F3N4O5. The van der Waals surface area contributed by atoms with Crippen molar-refractivity contribution in [2.45, 2.75) is 19.4 Å². The number of hydrogen-bond acceptors (Lipinski definition) is 7. The second-order valence-electron chi connectivity index (χ2n) is 9.97. The molecule has 1 fully saturated rings. The maximum absolute atomic E-state index is 15.0. The highest BCUT2D eigenvalue weighted by Crippen LogP contribution is 2.38. The highest BCUT2D eigenvalue weighted by Gasteiger charge is 2.18. The van der Waals surface area contributed by atoms with E-state index in [2.05, 4.69) is 20.9 Å². The van der Waals surface area contributed by atoms with Gasteiger partial charge in [-0.15, -0.1) is 0 Å². The molecule has 43 heavy (non-hydrogen) atoms. The smallest absolute Gasteiger partial charge is 0.313 e. The lowest BCUT2D eigenvalue weighted by Crippen LogP contribution is -2.35. The first-order chi connectivity index (χ1) is 20.8. The van der Waals surface area contributed by atoms with Gasteiger partial charge in [-0.1, -0.05) is 6.07 Å². The minimum atomic E-state index is -1.07. The Labute approximate surface area is 245 Å². The lowest BCUT2D eigenvalue weighted by atomic mass is 9.99. The molecular weight excluding hydrogens is 565 g/mol. The van der Waals surface area contributed by atoms with Crippen LogP contribution in [0.3, 0.4) is 0 Å². The Balaban J connectivity index is 1.24. The molecule has 2 heterocycles. The van der Waals surface area contributed by atoms with Crippen LogP contribution in [-0.4, -0.2) is 43.6 Å². The standard InChI is InChI=1S/C31H29F3N4O5/c1-41-28-14-21-25(15-29(28)42-17-18-6-9-35-10-7-18)36-11-8-26(21)43-27-5-3-20(13-24(27)34)38-31(40)30(39)37-16-19-2-4-22(32)23(33)12-19/h2-5,8,11-15,18,35H,6-7,9-10,16-17H2,1H3,(H,37,39)(H,38,40). The summed E-state index contributed by atoms with van der Waals surface area (Å²) in [6.07, 6.45) is 3.60. The second-order valence-corrected chi connectivity index (χ2v) is 9.97. The minimum absolute atomic E-state index is 0.00891. The number of piperidine rings is 1. The van der Waals surface area contributed by atoms with Crippen molar-refractivity contribution in [2.24, 2.45) is 5.92 Å². The molecule has 1 saturated heterocycles. The Morgan fingerprint density at radius 3 is 2.44 bits per heavy atom. The van der Waals surface area contributed by atoms with Crippen LogP contribution in [0.5, 0.6) is 23.0 Å². The Morgan fingerprint density at radius 2 is 1.70 bits per heavy atom. The molecule has 0 bridgehead atoms. The van der Waals surface area contributed by atoms with Gasteiger partial charge in [-0.05, 0) is 73.8 Å². The van der Waals surface area contributed by atoms with E-state index in [1.165, 1.54) is 31.5 Å². The van der Waals surface area contributed by atoms with E-state index in [9.17, 15) is 18.4 Å². The fourth-order valence-corrected chi connectivity index (χ4v) is 4.63. The topological polar surface area (TPSA) is 111 Å². The van der Waals surface area contributed by atoms with Crippen LogP contribution < -0.4 is 30.2 Å². The van der Waals surface area contributed by atoms with E-state index in [1.54, 1.807) is 18.2 Å². The third-order valence-electron chi connectivity index (χ3n) is 6.97. The lowest BCUT2D eigenvalue weighted by molar-refractivity contribution is -0.136. The summed E-state index contributed by atoms with van der Waals surface area (Å²) in [6.45, 7) is 2.28. The van der Waals surface area contributed by atoms with Crippen molar-refractivity contribution in [1.82, 2.24) is 15.6 Å². The van der Waals surface area contributed by atoms with E-state index in [1.807, 2.05) is 0 Å². The van der Waals surface area contributed by atoms with Crippen LogP contribution in [0.2, 0.25) is 0 Å². The predicted octanol–water partition coefficient (Wildman–Crippen LogP) is 5.09. The average Bonchev–Trinajstić information content (AvgIpc) is 3.01. The van der Waals surface area contributed by atoms with E-state index in [-0.39, 0.29) is 23.5 Å². The first kappa shape index (κ1) is 29.6. The Morgan fingerprint density at radius 1 is 0.884 bits per heavy atom. The van der Waals surface area contributed by atoms with Crippen molar-refractivity contribution in [2.75, 3.05) is 32.1 Å². The van der Waals surface area contributed by atoms with Crippen molar-refractivity contribution >= 4 is 28.4 Å². The number of pyridine rings is 1. The molecule has 5 rings (SSSR count). The first-order valence-electron chi connectivity index (χ1n) is 13.6. The summed E-state index contributed by atoms with van der Waals surface area (Å²) in [5.41, 5.74) is 0.835. The summed E-state index contributed by atoms with van der Waals surface area (Å²) < 4.78 is 58.9. The molecule has 1 aromatic heterocycles. The Hall–Kier alpha value is -4.84. The first-order valence-corrected chi connectivity index (χ1v) is 13.6. The monoisotopic (exact) mass is 594 g/mol. The zero-order valence-electron chi connectivity index (χ0n) is 23.2. The van der Waals surface area contributed by atoms with Gasteiger partial charge in [0.2, 0.25) is 0 Å². The van der Waals surface area contributed by atoms with Gasteiger partial charge in [-0.3, -0.25) is 14.6 Å². The number of hydrogen-bond donors (Lipinski definition) is 3. The number of anilines is 1. The van der Waals surface area contributed by atoms with Crippen molar-refractivity contribution in [3.63, 3.8) is 0 Å². The SMILES string of the molecule is COc1cc2c(Oc3ccc(NC(=O)C(=O)NCc4ccc(F)c(F)c4)cc3F)ccnc2cc1OCC1CCNCC1. The van der Waals surface area contributed by atoms with Gasteiger partial charge in [0, 0.05) is 35.9 Å². The van der Waals surface area contributed by atoms with E-state index >= 15 is 4.39 Å². The predicted molar refractivity (Wildman–Crippen MR) is 153 cm³/mol. The molecule has 1 aliphatic rings. The summed E-state index contributed by atoms with van der Waals surface area (Å²) in [7, 11) is 1.53. The van der Waals surface area contributed by atoms with Crippen molar-refractivity contribution in [1.29, 1.82) is 0 Å². The van der Waals surface area contributed by atoms with Crippen LogP contribution in [0.15, 0.2) is 60.8 Å². The quantitative estimate of drug-likeness (QED) is 0.232. The third-order valence-corrected chi connectivity index (χ3v) is 6.97. The Kier molecular flexibility index (Phi) is 9.26. The second kappa shape index (κ2) is 13.4. The zero-order valence-corrected chi connectivity index (χ0v) is 23.2. The fourth-order valence-electron chi connectivity index (χ4n) is 4.63. The summed E-state index contributed by atoms with van der Waals surface area (Å²) in [5, 5.41) is 8.49. The molecule has 9 nitrogen and oxygen atoms in total. The highest BCUT2D eigenvalue weighted by atomic mass is 19.2. The van der Waals surface area contributed by atoms with Gasteiger partial charge in [0.05, 0.1) is 19.2 Å². The molecule has 0 spiro atoms. The summed E-state index contributed by atoms with van der Waals surface area (Å²) in [6, 6.07) is 11.9. The van der Waals surface area contributed by atoms with E-state index in [4.69, 9.17) is 14.2 Å². The molecule has 4 aromatic rings. The van der Waals surface area contributed by atoms with Gasteiger partial charge in [-0.25, -0.2) is 13.2 Å². The number of fused-ring (bicyclic) bond motifs is 1. The number of methoxy groups -OCH3 is 1. The van der Waals surface area contributed by atoms with Gasteiger partial charge >= 0.3 is 11.8 Å². The number of nitrogens with one attached hydrogen (secondary N) is 3. The van der Waals surface area contributed by atoms with Gasteiger partial charge in [0.25, 0.3) is 0 Å². The van der Waals surface area contributed by atoms with Crippen molar-refractivity contribution in [3.05, 3.63) is 83.8 Å². The van der Waals surface area contributed by atoms with Gasteiger partial charge in [0.15, 0.2) is 34.7 Å². The molecule has 0 aliphatic carbocycles. The molecule has 0 radical (unpaired) electrons. The number of rotatable bonds is 9. The van der Waals surface area contributed by atoms with E-state index in [0.29, 0.717) is 40.7 Å². The maximum Gasteiger partial charge on any atom is 0.313 e. The largest absolute Gasteiger partial charge is 0.493 e. The Bertz CT molecular complexity index is 1650. The number of amides is 2. The van der Waals surface area contributed by atoms with Crippen molar-refractivity contribution < 1.29 is 37.0 Å². The van der Waals surface area contributed by atoms with E-state index in [0.717, 1.165) is 44.1 Å². The zero-order chi connectivity index (χ0) is 30.3. The molecule has 3 N–H and O–H groups in total. The fraction of sp³-hybridized carbons (Fsp3) is 0.258. The van der Waals surface area contributed by atoms with Crippen LogP contribution in [-0.2, 0) is 16.1 Å².